The van der Waals surface area contributed by atoms with Gasteiger partial charge in [-0.1, -0.05) is 42.5 Å². The minimum absolute atomic E-state index is 0.278. The van der Waals surface area contributed by atoms with Crippen LogP contribution in [0.5, 0.6) is 11.6 Å². The molecule has 1 heterocycles. The number of ether oxygens (including phenoxy) is 1. The van der Waals surface area contributed by atoms with Crippen molar-refractivity contribution in [3.63, 3.8) is 0 Å². The van der Waals surface area contributed by atoms with Gasteiger partial charge in [0.1, 0.15) is 11.6 Å². The van der Waals surface area contributed by atoms with E-state index in [1.54, 1.807) is 18.2 Å². The van der Waals surface area contributed by atoms with E-state index in [4.69, 9.17) is 10.5 Å². The number of aromatic nitrogens is 2. The molecule has 6 nitrogen and oxygen atoms in total. The first-order valence-corrected chi connectivity index (χ1v) is 11.2. The molecular formula is C28H24N4O2. The Kier molecular flexibility index (Phi) is 5.81. The monoisotopic (exact) mass is 448 g/mol. The van der Waals surface area contributed by atoms with Crippen molar-refractivity contribution in [2.75, 3.05) is 0 Å². The maximum Gasteiger partial charge on any atom is 0.223 e. The molecular weight excluding hydrogens is 424 g/mol. The molecule has 5 rings (SSSR count). The molecule has 3 aromatic carbocycles. The molecule has 0 saturated heterocycles. The zero-order valence-electron chi connectivity index (χ0n) is 18.8. The number of hydrogen-bond donors (Lipinski definition) is 2. The summed E-state index contributed by atoms with van der Waals surface area (Å²) in [5.41, 5.74) is 11.9. The van der Waals surface area contributed by atoms with Crippen LogP contribution in [0.3, 0.4) is 0 Å². The van der Waals surface area contributed by atoms with Crippen molar-refractivity contribution in [3.8, 4) is 40.1 Å². The quantitative estimate of drug-likeness (QED) is 0.451. The van der Waals surface area contributed by atoms with E-state index in [9.17, 15) is 10.4 Å². The summed E-state index contributed by atoms with van der Waals surface area (Å²) in [6.07, 6.45) is 0.896. The lowest BCUT2D eigenvalue weighted by Crippen LogP contribution is -2.32. The number of nitrogens with two attached hydrogens (primary N) is 1. The number of aryl methyl sites for hydroxylation is 2. The summed E-state index contributed by atoms with van der Waals surface area (Å²) in [7, 11) is 0. The largest absolute Gasteiger partial charge is 0.438 e. The molecule has 168 valence electrons. The molecule has 0 saturated carbocycles. The van der Waals surface area contributed by atoms with Crippen LogP contribution in [-0.2, 0) is 6.42 Å². The first-order chi connectivity index (χ1) is 16.5. The molecule has 1 aliphatic carbocycles. The van der Waals surface area contributed by atoms with Gasteiger partial charge in [-0.15, -0.1) is 0 Å². The lowest BCUT2D eigenvalue weighted by Gasteiger charge is -2.28. The van der Waals surface area contributed by atoms with Gasteiger partial charge >= 0.3 is 0 Å². The van der Waals surface area contributed by atoms with Crippen LogP contribution in [0.15, 0.2) is 72.8 Å². The smallest absolute Gasteiger partial charge is 0.223 e. The Labute approximate surface area is 198 Å². The highest BCUT2D eigenvalue weighted by Crippen LogP contribution is 2.38. The number of nitrogens with zero attached hydrogens (tertiary/aromatic N) is 3. The molecule has 0 spiro atoms. The minimum atomic E-state index is -0.704. The Morgan fingerprint density at radius 3 is 2.62 bits per heavy atom. The van der Waals surface area contributed by atoms with Crippen molar-refractivity contribution in [1.29, 1.82) is 5.26 Å². The third-order valence-corrected chi connectivity index (χ3v) is 6.14. The van der Waals surface area contributed by atoms with Crippen LogP contribution in [0.25, 0.3) is 22.4 Å². The molecule has 34 heavy (non-hydrogen) atoms. The summed E-state index contributed by atoms with van der Waals surface area (Å²) < 4.78 is 6.25. The van der Waals surface area contributed by atoms with Gasteiger partial charge in [-0.05, 0) is 60.7 Å². The van der Waals surface area contributed by atoms with E-state index in [1.807, 2.05) is 61.5 Å². The van der Waals surface area contributed by atoms with Gasteiger partial charge in [0.05, 0.1) is 23.4 Å². The second-order valence-corrected chi connectivity index (χ2v) is 8.49. The Bertz CT molecular complexity index is 1400. The maximum atomic E-state index is 10.6. The van der Waals surface area contributed by atoms with Crippen LogP contribution in [0.4, 0.5) is 0 Å². The fraction of sp³-hybridized carbons (Fsp3) is 0.179. The first kappa shape index (κ1) is 21.8. The Morgan fingerprint density at radius 1 is 1.00 bits per heavy atom. The second-order valence-electron chi connectivity index (χ2n) is 8.49. The van der Waals surface area contributed by atoms with E-state index in [0.717, 1.165) is 46.4 Å². The molecule has 2 unspecified atom stereocenters. The number of aliphatic hydroxyl groups excluding tert-OH is 1. The molecule has 0 aliphatic heterocycles. The number of aliphatic hydroxyl groups is 1. The topological polar surface area (TPSA) is 105 Å². The van der Waals surface area contributed by atoms with Crippen LogP contribution in [0, 0.1) is 18.3 Å². The number of hydrogen-bond acceptors (Lipinski definition) is 6. The fourth-order valence-corrected chi connectivity index (χ4v) is 4.35. The van der Waals surface area contributed by atoms with Crippen molar-refractivity contribution in [2.45, 2.75) is 31.9 Å². The van der Waals surface area contributed by atoms with Crippen LogP contribution < -0.4 is 10.5 Å². The van der Waals surface area contributed by atoms with Gasteiger partial charge in [0, 0.05) is 23.2 Å². The zero-order valence-corrected chi connectivity index (χ0v) is 18.8. The first-order valence-electron chi connectivity index (χ1n) is 11.2. The highest BCUT2D eigenvalue weighted by atomic mass is 16.5. The van der Waals surface area contributed by atoms with Crippen molar-refractivity contribution in [2.24, 2.45) is 5.73 Å². The van der Waals surface area contributed by atoms with Crippen LogP contribution in [0.2, 0.25) is 0 Å². The lowest BCUT2D eigenvalue weighted by molar-refractivity contribution is 0.134. The molecule has 0 fully saturated rings. The van der Waals surface area contributed by atoms with Crippen LogP contribution in [0.1, 0.15) is 35.0 Å². The van der Waals surface area contributed by atoms with Gasteiger partial charge in [0.25, 0.3) is 0 Å². The molecule has 6 heteroatoms. The average molecular weight is 449 g/mol. The SMILES string of the molecule is Cc1nc(Oc2cc(C#N)ccc2-c2ccc3c(c2)C(O)C(N)CC3)cc(-c2ccccc2)n1. The van der Waals surface area contributed by atoms with Crippen molar-refractivity contribution < 1.29 is 9.84 Å². The third-order valence-electron chi connectivity index (χ3n) is 6.14. The molecule has 1 aliphatic rings. The van der Waals surface area contributed by atoms with Crippen LogP contribution in [-0.4, -0.2) is 21.1 Å². The van der Waals surface area contributed by atoms with Gasteiger partial charge in [-0.3, -0.25) is 0 Å². The molecule has 0 amide bonds. The Balaban J connectivity index is 1.57. The number of rotatable bonds is 4. The van der Waals surface area contributed by atoms with E-state index in [0.29, 0.717) is 23.0 Å². The summed E-state index contributed by atoms with van der Waals surface area (Å²) >= 11 is 0. The van der Waals surface area contributed by atoms with Crippen molar-refractivity contribution in [1.82, 2.24) is 9.97 Å². The summed E-state index contributed by atoms with van der Waals surface area (Å²) in [5.74, 6) is 1.48. The van der Waals surface area contributed by atoms with Crippen molar-refractivity contribution in [3.05, 3.63) is 95.3 Å². The second kappa shape index (κ2) is 9.06. The van der Waals surface area contributed by atoms with E-state index >= 15 is 0 Å². The molecule has 3 N–H and O–H groups in total. The predicted octanol–water partition coefficient (Wildman–Crippen LogP) is 5.09. The standard InChI is InChI=1S/C28H24N4O2/c1-17-31-25(20-5-3-2-4-6-20)15-27(32-17)34-26-13-18(16-29)7-11-22(26)21-9-8-19-10-12-24(30)28(33)23(19)14-21/h2-9,11,13-15,24,28,33H,10,12,30H2,1H3. The van der Waals surface area contributed by atoms with E-state index in [-0.39, 0.29) is 6.04 Å². The van der Waals surface area contributed by atoms with Gasteiger partial charge in [0.2, 0.25) is 5.88 Å². The third kappa shape index (κ3) is 4.27. The molecule has 0 bridgehead atoms. The summed E-state index contributed by atoms with van der Waals surface area (Å²) in [6, 6.07) is 24.8. The van der Waals surface area contributed by atoms with Gasteiger partial charge in [0.15, 0.2) is 0 Å². The number of benzene rings is 3. The van der Waals surface area contributed by atoms with E-state index < -0.39 is 6.10 Å². The highest BCUT2D eigenvalue weighted by Gasteiger charge is 2.25. The minimum Gasteiger partial charge on any atom is -0.438 e. The van der Waals surface area contributed by atoms with E-state index in [1.165, 1.54) is 0 Å². The predicted molar refractivity (Wildman–Crippen MR) is 130 cm³/mol. The number of fused-ring (bicyclic) bond motifs is 1. The lowest BCUT2D eigenvalue weighted by atomic mass is 9.84. The normalized spacial score (nSPS) is 17.0. The maximum absolute atomic E-state index is 10.6. The van der Waals surface area contributed by atoms with Crippen LogP contribution >= 0.6 is 0 Å². The van der Waals surface area contributed by atoms with Crippen molar-refractivity contribution >= 4 is 0 Å². The Hall–Kier alpha value is -4.05. The highest BCUT2D eigenvalue weighted by molar-refractivity contribution is 5.73. The van der Waals surface area contributed by atoms with Gasteiger partial charge in [-0.2, -0.15) is 10.2 Å². The fourth-order valence-electron chi connectivity index (χ4n) is 4.35. The summed E-state index contributed by atoms with van der Waals surface area (Å²) in [5, 5.41) is 20.1. The zero-order chi connectivity index (χ0) is 23.7. The van der Waals surface area contributed by atoms with E-state index in [2.05, 4.69) is 16.0 Å². The molecule has 0 radical (unpaired) electrons. The van der Waals surface area contributed by atoms with Gasteiger partial charge in [-0.25, -0.2) is 4.98 Å². The average Bonchev–Trinajstić information content (AvgIpc) is 2.86. The number of nitriles is 1. The Morgan fingerprint density at radius 2 is 1.82 bits per heavy atom. The molecule has 2 atom stereocenters. The molecule has 1 aromatic heterocycles. The van der Waals surface area contributed by atoms with Gasteiger partial charge < -0.3 is 15.6 Å². The summed E-state index contributed by atoms with van der Waals surface area (Å²) in [6.45, 7) is 1.82. The molecule has 4 aromatic rings. The summed E-state index contributed by atoms with van der Waals surface area (Å²) in [4.78, 5) is 9.00.